The molecule has 21 heavy (non-hydrogen) atoms. The number of piperazine rings is 1. The Morgan fingerprint density at radius 2 is 1.86 bits per heavy atom. The smallest absolute Gasteiger partial charge is 0.123 e. The molecule has 0 unspecified atom stereocenters. The minimum absolute atomic E-state index is 0.241. The zero-order valence-electron chi connectivity index (χ0n) is 13.5. The van der Waals surface area contributed by atoms with E-state index in [0.29, 0.717) is 0 Å². The summed E-state index contributed by atoms with van der Waals surface area (Å²) in [5.74, 6) is 1.78. The van der Waals surface area contributed by atoms with Crippen molar-refractivity contribution in [3.05, 3.63) is 24.3 Å². The highest BCUT2D eigenvalue weighted by Crippen LogP contribution is 2.21. The Morgan fingerprint density at radius 1 is 1.14 bits per heavy atom. The van der Waals surface area contributed by atoms with Crippen LogP contribution in [0, 0.1) is 0 Å². The molecule has 1 aliphatic heterocycles. The first-order valence-electron chi connectivity index (χ1n) is 7.98. The van der Waals surface area contributed by atoms with Gasteiger partial charge in [0, 0.05) is 38.8 Å². The molecule has 0 amide bonds. The second kappa shape index (κ2) is 8.25. The van der Waals surface area contributed by atoms with Gasteiger partial charge in [0.1, 0.15) is 18.1 Å². The second-order valence-corrected chi connectivity index (χ2v) is 5.80. The summed E-state index contributed by atoms with van der Waals surface area (Å²) in [5, 5.41) is 0. The predicted octanol–water partition coefficient (Wildman–Crippen LogP) is 2.49. The van der Waals surface area contributed by atoms with Gasteiger partial charge in [-0.1, -0.05) is 13.0 Å². The number of hydrogen-bond acceptors (Lipinski definition) is 4. The molecule has 1 heterocycles. The summed E-state index contributed by atoms with van der Waals surface area (Å²) in [7, 11) is 2.18. The van der Waals surface area contributed by atoms with Crippen molar-refractivity contribution in [2.75, 3.05) is 46.4 Å². The SMILES string of the molecule is CC[C@H](C)Oc1cccc(OCCN2CCN(C)CC2)c1. The van der Waals surface area contributed by atoms with Crippen LogP contribution in [0.25, 0.3) is 0 Å². The van der Waals surface area contributed by atoms with E-state index in [-0.39, 0.29) is 6.10 Å². The van der Waals surface area contributed by atoms with Crippen molar-refractivity contribution in [2.24, 2.45) is 0 Å². The molecule has 1 saturated heterocycles. The molecule has 4 nitrogen and oxygen atoms in total. The molecule has 0 spiro atoms. The number of ether oxygens (including phenoxy) is 2. The van der Waals surface area contributed by atoms with Gasteiger partial charge in [0.25, 0.3) is 0 Å². The Hall–Kier alpha value is -1.26. The first kappa shape index (κ1) is 16.1. The number of hydrogen-bond donors (Lipinski definition) is 0. The van der Waals surface area contributed by atoms with E-state index in [2.05, 4.69) is 30.7 Å². The van der Waals surface area contributed by atoms with Gasteiger partial charge >= 0.3 is 0 Å². The first-order valence-corrected chi connectivity index (χ1v) is 7.98. The monoisotopic (exact) mass is 292 g/mol. The fourth-order valence-corrected chi connectivity index (χ4v) is 2.32. The number of nitrogens with zero attached hydrogens (tertiary/aromatic N) is 2. The highest BCUT2D eigenvalue weighted by molar-refractivity contribution is 5.33. The van der Waals surface area contributed by atoms with Gasteiger partial charge in [0.15, 0.2) is 0 Å². The lowest BCUT2D eigenvalue weighted by Crippen LogP contribution is -2.45. The maximum atomic E-state index is 5.86. The van der Waals surface area contributed by atoms with Crippen molar-refractivity contribution in [3.8, 4) is 11.5 Å². The van der Waals surface area contributed by atoms with E-state index < -0.39 is 0 Å². The largest absolute Gasteiger partial charge is 0.492 e. The third kappa shape index (κ3) is 5.56. The van der Waals surface area contributed by atoms with E-state index in [4.69, 9.17) is 9.47 Å². The van der Waals surface area contributed by atoms with Crippen LogP contribution in [-0.4, -0.2) is 62.3 Å². The zero-order chi connectivity index (χ0) is 15.1. The van der Waals surface area contributed by atoms with Crippen LogP contribution in [-0.2, 0) is 0 Å². The van der Waals surface area contributed by atoms with E-state index in [9.17, 15) is 0 Å². The van der Waals surface area contributed by atoms with Crippen LogP contribution in [0.2, 0.25) is 0 Å². The summed E-state index contributed by atoms with van der Waals surface area (Å²) in [6, 6.07) is 7.95. The van der Waals surface area contributed by atoms with Crippen LogP contribution >= 0.6 is 0 Å². The third-order valence-corrected chi connectivity index (χ3v) is 3.99. The Labute approximate surface area is 128 Å². The van der Waals surface area contributed by atoms with E-state index in [1.54, 1.807) is 0 Å². The molecule has 118 valence electrons. The molecule has 1 fully saturated rings. The van der Waals surface area contributed by atoms with Gasteiger partial charge in [-0.15, -0.1) is 0 Å². The summed E-state index contributed by atoms with van der Waals surface area (Å²) >= 11 is 0. The molecule has 0 bridgehead atoms. The lowest BCUT2D eigenvalue weighted by atomic mass is 10.3. The molecule has 0 saturated carbocycles. The van der Waals surface area contributed by atoms with Crippen molar-refractivity contribution >= 4 is 0 Å². The van der Waals surface area contributed by atoms with Crippen molar-refractivity contribution in [1.82, 2.24) is 9.80 Å². The average Bonchev–Trinajstić information content (AvgIpc) is 2.49. The molecular formula is C17H28N2O2. The van der Waals surface area contributed by atoms with Crippen LogP contribution in [0.15, 0.2) is 24.3 Å². The van der Waals surface area contributed by atoms with Crippen LogP contribution in [0.5, 0.6) is 11.5 Å². The van der Waals surface area contributed by atoms with Crippen molar-refractivity contribution in [2.45, 2.75) is 26.4 Å². The fraction of sp³-hybridized carbons (Fsp3) is 0.647. The Bertz CT molecular complexity index is 417. The van der Waals surface area contributed by atoms with Gasteiger partial charge in [0.2, 0.25) is 0 Å². The van der Waals surface area contributed by atoms with Gasteiger partial charge in [-0.25, -0.2) is 0 Å². The van der Waals surface area contributed by atoms with Gasteiger partial charge in [0.05, 0.1) is 6.10 Å². The molecule has 0 radical (unpaired) electrons. The Kier molecular flexibility index (Phi) is 6.33. The molecular weight excluding hydrogens is 264 g/mol. The zero-order valence-corrected chi connectivity index (χ0v) is 13.5. The van der Waals surface area contributed by atoms with Crippen LogP contribution in [0.3, 0.4) is 0 Å². The van der Waals surface area contributed by atoms with E-state index >= 15 is 0 Å². The topological polar surface area (TPSA) is 24.9 Å². The summed E-state index contributed by atoms with van der Waals surface area (Å²) in [6.07, 6.45) is 1.25. The molecule has 0 aromatic heterocycles. The fourth-order valence-electron chi connectivity index (χ4n) is 2.32. The van der Waals surface area contributed by atoms with Crippen LogP contribution in [0.1, 0.15) is 20.3 Å². The average molecular weight is 292 g/mol. The quantitative estimate of drug-likeness (QED) is 0.771. The molecule has 1 aliphatic rings. The van der Waals surface area contributed by atoms with E-state index in [1.807, 2.05) is 24.3 Å². The molecule has 1 aromatic rings. The summed E-state index contributed by atoms with van der Waals surface area (Å²) in [6.45, 7) is 10.5. The summed E-state index contributed by atoms with van der Waals surface area (Å²) in [4.78, 5) is 4.83. The standard InChI is InChI=1S/C17H28N2O2/c1-4-15(2)21-17-7-5-6-16(14-17)20-13-12-19-10-8-18(3)9-11-19/h5-7,14-15H,4,8-13H2,1-3H3/t15-/m0/s1. The normalized spacial score (nSPS) is 18.4. The van der Waals surface area contributed by atoms with Crippen molar-refractivity contribution in [3.63, 3.8) is 0 Å². The number of rotatable bonds is 7. The van der Waals surface area contributed by atoms with E-state index in [1.165, 1.54) is 0 Å². The lowest BCUT2D eigenvalue weighted by Gasteiger charge is -2.32. The van der Waals surface area contributed by atoms with Crippen molar-refractivity contribution < 1.29 is 9.47 Å². The van der Waals surface area contributed by atoms with E-state index in [0.717, 1.165) is 57.3 Å². The minimum atomic E-state index is 0.241. The molecule has 1 atom stereocenters. The predicted molar refractivity (Wildman–Crippen MR) is 86.3 cm³/mol. The second-order valence-electron chi connectivity index (χ2n) is 5.80. The van der Waals surface area contributed by atoms with Gasteiger partial charge in [-0.05, 0) is 32.5 Å². The minimum Gasteiger partial charge on any atom is -0.492 e. The molecule has 1 aromatic carbocycles. The van der Waals surface area contributed by atoms with Crippen LogP contribution < -0.4 is 9.47 Å². The third-order valence-electron chi connectivity index (χ3n) is 3.99. The van der Waals surface area contributed by atoms with Crippen molar-refractivity contribution in [1.29, 1.82) is 0 Å². The summed E-state index contributed by atoms with van der Waals surface area (Å²) < 4.78 is 11.7. The molecule has 4 heteroatoms. The maximum Gasteiger partial charge on any atom is 0.123 e. The summed E-state index contributed by atoms with van der Waals surface area (Å²) in [5.41, 5.74) is 0. The lowest BCUT2D eigenvalue weighted by molar-refractivity contribution is 0.133. The first-order chi connectivity index (χ1) is 10.2. The van der Waals surface area contributed by atoms with Gasteiger partial charge in [-0.2, -0.15) is 0 Å². The highest BCUT2D eigenvalue weighted by atomic mass is 16.5. The van der Waals surface area contributed by atoms with Crippen LogP contribution in [0.4, 0.5) is 0 Å². The number of likely N-dealkylation sites (N-methyl/N-ethyl adjacent to an activating group) is 1. The Morgan fingerprint density at radius 3 is 2.57 bits per heavy atom. The molecule has 2 rings (SSSR count). The number of benzene rings is 1. The van der Waals surface area contributed by atoms with Gasteiger partial charge in [-0.3, -0.25) is 4.90 Å². The Balaban J connectivity index is 1.74. The highest BCUT2D eigenvalue weighted by Gasteiger charge is 2.13. The molecule has 0 N–H and O–H groups in total. The maximum absolute atomic E-state index is 5.86. The molecule has 0 aliphatic carbocycles. The van der Waals surface area contributed by atoms with Gasteiger partial charge < -0.3 is 14.4 Å².